The van der Waals surface area contributed by atoms with Gasteiger partial charge in [0.05, 0.1) is 12.6 Å². The lowest BCUT2D eigenvalue weighted by atomic mass is 9.84. The van der Waals surface area contributed by atoms with Crippen LogP contribution in [0.4, 0.5) is 0 Å². The molecule has 32 heavy (non-hydrogen) atoms. The lowest BCUT2D eigenvalue weighted by molar-refractivity contribution is 0.404. The van der Waals surface area contributed by atoms with Crippen molar-refractivity contribution < 1.29 is 0 Å². The van der Waals surface area contributed by atoms with Gasteiger partial charge in [0.25, 0.3) is 0 Å². The Balaban J connectivity index is 1.87. The fraction of sp³-hybridized carbons (Fsp3) is 0.333. The highest BCUT2D eigenvalue weighted by atomic mass is 15.3. The zero-order valence-electron chi connectivity index (χ0n) is 20.3. The SMILES string of the molecule is Cc1cc(C)c(C2=C(N3CCNC3)C(c3c(C)cc(C)cc3C)c3ccccc32)c(C)c1. The molecule has 0 radical (unpaired) electrons. The van der Waals surface area contributed by atoms with Crippen molar-refractivity contribution in [1.82, 2.24) is 10.2 Å². The van der Waals surface area contributed by atoms with Crippen molar-refractivity contribution in [3.8, 4) is 0 Å². The van der Waals surface area contributed by atoms with E-state index in [0.29, 0.717) is 0 Å². The van der Waals surface area contributed by atoms with Crippen LogP contribution in [0, 0.1) is 41.5 Å². The van der Waals surface area contributed by atoms with Gasteiger partial charge < -0.3 is 4.90 Å². The average molecular weight is 423 g/mol. The first-order valence-corrected chi connectivity index (χ1v) is 11.8. The maximum atomic E-state index is 3.59. The molecule has 0 amide bonds. The van der Waals surface area contributed by atoms with Crippen molar-refractivity contribution in [1.29, 1.82) is 0 Å². The average Bonchev–Trinajstić information content (AvgIpc) is 3.34. The number of benzene rings is 3. The number of nitrogens with zero attached hydrogens (tertiary/aromatic N) is 1. The molecule has 5 rings (SSSR count). The molecule has 0 bridgehead atoms. The Bertz CT molecular complexity index is 1200. The lowest BCUT2D eigenvalue weighted by Gasteiger charge is -2.29. The maximum absolute atomic E-state index is 3.59. The Morgan fingerprint density at radius 2 is 1.38 bits per heavy atom. The molecule has 2 aliphatic rings. The molecule has 3 aromatic carbocycles. The van der Waals surface area contributed by atoms with E-state index in [1.54, 1.807) is 0 Å². The summed E-state index contributed by atoms with van der Waals surface area (Å²) in [6, 6.07) is 18.5. The molecular weight excluding hydrogens is 388 g/mol. The molecule has 164 valence electrons. The quantitative estimate of drug-likeness (QED) is 0.532. The van der Waals surface area contributed by atoms with Crippen molar-refractivity contribution in [3.63, 3.8) is 0 Å². The largest absolute Gasteiger partial charge is 0.359 e. The van der Waals surface area contributed by atoms with Gasteiger partial charge in [-0.25, -0.2) is 0 Å². The van der Waals surface area contributed by atoms with Gasteiger partial charge in [-0.3, -0.25) is 5.32 Å². The van der Waals surface area contributed by atoms with Crippen LogP contribution in [0.15, 0.2) is 54.2 Å². The third kappa shape index (κ3) is 3.29. The molecule has 1 heterocycles. The van der Waals surface area contributed by atoms with Crippen LogP contribution in [0.3, 0.4) is 0 Å². The van der Waals surface area contributed by atoms with Gasteiger partial charge in [0.1, 0.15) is 0 Å². The zero-order valence-corrected chi connectivity index (χ0v) is 20.3. The second-order valence-electron chi connectivity index (χ2n) is 9.79. The molecule has 0 saturated carbocycles. The van der Waals surface area contributed by atoms with Gasteiger partial charge >= 0.3 is 0 Å². The Kier molecular flexibility index (Phi) is 5.22. The normalized spacial score (nSPS) is 17.9. The van der Waals surface area contributed by atoms with Gasteiger partial charge in [-0.05, 0) is 86.1 Å². The maximum Gasteiger partial charge on any atom is 0.0680 e. The fourth-order valence-electron chi connectivity index (χ4n) is 6.24. The fourth-order valence-corrected chi connectivity index (χ4v) is 6.24. The first-order chi connectivity index (χ1) is 15.4. The van der Waals surface area contributed by atoms with Crippen LogP contribution in [-0.2, 0) is 0 Å². The topological polar surface area (TPSA) is 15.3 Å². The van der Waals surface area contributed by atoms with E-state index in [1.165, 1.54) is 66.9 Å². The van der Waals surface area contributed by atoms with Gasteiger partial charge in [-0.1, -0.05) is 59.7 Å². The van der Waals surface area contributed by atoms with Crippen LogP contribution in [-0.4, -0.2) is 24.7 Å². The van der Waals surface area contributed by atoms with Gasteiger partial charge in [0.15, 0.2) is 0 Å². The van der Waals surface area contributed by atoms with Crippen LogP contribution in [0.25, 0.3) is 5.57 Å². The number of aryl methyl sites for hydroxylation is 6. The minimum atomic E-state index is 0.266. The van der Waals surface area contributed by atoms with E-state index in [9.17, 15) is 0 Å². The first-order valence-electron chi connectivity index (χ1n) is 11.8. The summed E-state index contributed by atoms with van der Waals surface area (Å²) >= 11 is 0. The number of hydrogen-bond donors (Lipinski definition) is 1. The molecule has 1 unspecified atom stereocenters. The standard InChI is InChI=1S/C30H34N2/c1-18-13-20(3)26(21(4)14-18)28-24-9-7-8-10-25(24)29(30(28)32-12-11-31-17-32)27-22(5)15-19(2)16-23(27)6/h7-10,13-16,28,31H,11-12,17H2,1-6H3. The number of nitrogens with one attached hydrogen (secondary N) is 1. The monoisotopic (exact) mass is 422 g/mol. The van der Waals surface area contributed by atoms with E-state index in [1.807, 2.05) is 0 Å². The zero-order chi connectivity index (χ0) is 22.6. The molecule has 1 aliphatic heterocycles. The van der Waals surface area contributed by atoms with Crippen LogP contribution >= 0.6 is 0 Å². The van der Waals surface area contributed by atoms with E-state index in [4.69, 9.17) is 0 Å². The predicted octanol–water partition coefficient (Wildman–Crippen LogP) is 6.30. The lowest BCUT2D eigenvalue weighted by Crippen LogP contribution is -2.26. The predicted molar refractivity (Wildman–Crippen MR) is 135 cm³/mol. The van der Waals surface area contributed by atoms with Gasteiger partial charge in [0, 0.05) is 24.4 Å². The summed E-state index contributed by atoms with van der Waals surface area (Å²) in [7, 11) is 0. The smallest absolute Gasteiger partial charge is 0.0680 e. The van der Waals surface area contributed by atoms with Crippen molar-refractivity contribution >= 4 is 5.57 Å². The molecule has 2 nitrogen and oxygen atoms in total. The highest BCUT2D eigenvalue weighted by Gasteiger charge is 2.38. The molecule has 0 aromatic heterocycles. The van der Waals surface area contributed by atoms with Crippen molar-refractivity contribution in [2.24, 2.45) is 0 Å². The summed E-state index contributed by atoms with van der Waals surface area (Å²) in [6.45, 7) is 16.6. The van der Waals surface area contributed by atoms with E-state index in [0.717, 1.165) is 19.8 Å². The number of rotatable bonds is 3. The molecule has 1 aliphatic carbocycles. The Hall–Kier alpha value is -2.84. The summed E-state index contributed by atoms with van der Waals surface area (Å²) in [6.07, 6.45) is 0. The van der Waals surface area contributed by atoms with Gasteiger partial charge in [0.2, 0.25) is 0 Å². The molecule has 1 saturated heterocycles. The molecule has 0 spiro atoms. The summed E-state index contributed by atoms with van der Waals surface area (Å²) in [5, 5.41) is 3.59. The number of allylic oxidation sites excluding steroid dienone is 1. The minimum absolute atomic E-state index is 0.266. The third-order valence-corrected chi connectivity index (χ3v) is 7.23. The summed E-state index contributed by atoms with van der Waals surface area (Å²) < 4.78 is 0. The summed E-state index contributed by atoms with van der Waals surface area (Å²) in [5.74, 6) is 0.266. The first kappa shape index (κ1) is 21.0. The van der Waals surface area contributed by atoms with Gasteiger partial charge in [-0.15, -0.1) is 0 Å². The highest BCUT2D eigenvalue weighted by Crippen LogP contribution is 2.51. The van der Waals surface area contributed by atoms with Crippen molar-refractivity contribution in [2.45, 2.75) is 47.5 Å². The Labute approximate surface area is 193 Å². The van der Waals surface area contributed by atoms with E-state index >= 15 is 0 Å². The third-order valence-electron chi connectivity index (χ3n) is 7.23. The second-order valence-corrected chi connectivity index (χ2v) is 9.79. The second kappa shape index (κ2) is 7.94. The molecule has 1 N–H and O–H groups in total. The summed E-state index contributed by atoms with van der Waals surface area (Å²) in [4.78, 5) is 2.59. The van der Waals surface area contributed by atoms with E-state index < -0.39 is 0 Å². The van der Waals surface area contributed by atoms with E-state index in [-0.39, 0.29) is 5.92 Å². The van der Waals surface area contributed by atoms with Crippen LogP contribution in [0.2, 0.25) is 0 Å². The van der Waals surface area contributed by atoms with E-state index in [2.05, 4.69) is 100 Å². The number of fused-ring (bicyclic) bond motifs is 1. The van der Waals surface area contributed by atoms with Crippen molar-refractivity contribution in [3.05, 3.63) is 110 Å². The highest BCUT2D eigenvalue weighted by molar-refractivity contribution is 5.92. The Morgan fingerprint density at radius 3 is 1.97 bits per heavy atom. The van der Waals surface area contributed by atoms with Crippen LogP contribution in [0.1, 0.15) is 61.6 Å². The van der Waals surface area contributed by atoms with Crippen LogP contribution in [0.5, 0.6) is 0 Å². The molecule has 3 aromatic rings. The molecule has 2 heteroatoms. The Morgan fingerprint density at radius 1 is 0.781 bits per heavy atom. The minimum Gasteiger partial charge on any atom is -0.359 e. The van der Waals surface area contributed by atoms with Crippen molar-refractivity contribution in [2.75, 3.05) is 19.8 Å². The summed E-state index contributed by atoms with van der Waals surface area (Å²) in [5.41, 5.74) is 16.8. The number of hydrogen-bond acceptors (Lipinski definition) is 2. The molecule has 1 atom stereocenters. The molecule has 1 fully saturated rings. The van der Waals surface area contributed by atoms with Crippen LogP contribution < -0.4 is 5.32 Å². The molecular formula is C30H34N2. The van der Waals surface area contributed by atoms with Gasteiger partial charge in [-0.2, -0.15) is 0 Å².